The van der Waals surface area contributed by atoms with Crippen LogP contribution < -0.4 is 0 Å². The fourth-order valence-electron chi connectivity index (χ4n) is 3.27. The van der Waals surface area contributed by atoms with Gasteiger partial charge >= 0.3 is 6.09 Å². The largest absolute Gasteiger partial charge is 0.444 e. The third-order valence-electron chi connectivity index (χ3n) is 4.45. The monoisotopic (exact) mass is 403 g/mol. The summed E-state index contributed by atoms with van der Waals surface area (Å²) in [7, 11) is 0. The molecule has 1 aliphatic heterocycles. The number of nitrogens with zero attached hydrogens (tertiary/aromatic N) is 3. The molecule has 0 aliphatic carbocycles. The molecule has 7 heteroatoms. The molecule has 1 aromatic heterocycles. The fraction of sp³-hybridized carbons (Fsp3) is 0.500. The van der Waals surface area contributed by atoms with Gasteiger partial charge in [0.15, 0.2) is 5.78 Å². The van der Waals surface area contributed by atoms with Crippen LogP contribution >= 0.6 is 0 Å². The van der Waals surface area contributed by atoms with E-state index in [1.807, 2.05) is 39.2 Å². The number of Topliss-reactive ketones (excluding diaryl/α,β-unsaturated/α-hetero) is 1. The van der Waals surface area contributed by atoms with E-state index in [4.69, 9.17) is 4.74 Å². The molecule has 1 unspecified atom stereocenters. The molecule has 0 spiro atoms. The van der Waals surface area contributed by atoms with Gasteiger partial charge in [-0.05, 0) is 51.5 Å². The van der Waals surface area contributed by atoms with E-state index in [1.165, 1.54) is 19.1 Å². The highest BCUT2D eigenvalue weighted by atomic mass is 19.1. The third kappa shape index (κ3) is 5.43. The molecule has 1 fully saturated rings. The number of imidazole rings is 1. The van der Waals surface area contributed by atoms with Gasteiger partial charge in [-0.3, -0.25) is 4.79 Å². The van der Waals surface area contributed by atoms with Gasteiger partial charge in [-0.1, -0.05) is 13.8 Å². The molecule has 0 radical (unpaired) electrons. The summed E-state index contributed by atoms with van der Waals surface area (Å²) >= 11 is 0. The van der Waals surface area contributed by atoms with E-state index in [0.717, 1.165) is 0 Å². The van der Waals surface area contributed by atoms with Gasteiger partial charge in [-0.15, -0.1) is 0 Å². The molecule has 6 nitrogen and oxygen atoms in total. The number of rotatable bonds is 3. The maximum absolute atomic E-state index is 13.2. The first kappa shape index (κ1) is 22.6. The Bertz CT molecular complexity index is 853. The fourth-order valence-corrected chi connectivity index (χ4v) is 3.27. The summed E-state index contributed by atoms with van der Waals surface area (Å²) < 4.78 is 20.5. The molecule has 158 valence electrons. The Kier molecular flexibility index (Phi) is 7.16. The number of hydrogen-bond donors (Lipinski definition) is 0. The van der Waals surface area contributed by atoms with Gasteiger partial charge in [0.05, 0.1) is 18.1 Å². The molecule has 29 heavy (non-hydrogen) atoms. The van der Waals surface area contributed by atoms with Crippen LogP contribution in [-0.4, -0.2) is 45.0 Å². The van der Waals surface area contributed by atoms with E-state index in [2.05, 4.69) is 4.98 Å². The highest BCUT2D eigenvalue weighted by Gasteiger charge is 2.32. The molecule has 1 saturated heterocycles. The van der Waals surface area contributed by atoms with E-state index >= 15 is 0 Å². The number of carbonyl (C=O) groups is 2. The summed E-state index contributed by atoms with van der Waals surface area (Å²) in [6.07, 6.45) is 1.98. The lowest BCUT2D eigenvalue weighted by molar-refractivity contribution is 0.0289. The lowest BCUT2D eigenvalue weighted by atomic mass is 10.1. The van der Waals surface area contributed by atoms with Gasteiger partial charge in [0.1, 0.15) is 17.1 Å². The second kappa shape index (κ2) is 9.20. The molecule has 1 aromatic carbocycles. The minimum Gasteiger partial charge on any atom is -0.444 e. The second-order valence-corrected chi connectivity index (χ2v) is 7.78. The van der Waals surface area contributed by atoms with Crippen molar-refractivity contribution in [1.29, 1.82) is 0 Å². The minimum absolute atomic E-state index is 0.0573. The summed E-state index contributed by atoms with van der Waals surface area (Å²) in [5.74, 6) is -0.464. The number of aromatic nitrogens is 2. The topological polar surface area (TPSA) is 64.4 Å². The van der Waals surface area contributed by atoms with Crippen molar-refractivity contribution in [3.05, 3.63) is 42.1 Å². The quantitative estimate of drug-likeness (QED) is 0.669. The number of ketones is 1. The second-order valence-electron chi connectivity index (χ2n) is 7.78. The number of carbonyl (C=O) groups excluding carboxylic acids is 2. The van der Waals surface area contributed by atoms with Crippen LogP contribution in [0.3, 0.4) is 0 Å². The van der Waals surface area contributed by atoms with Crippen molar-refractivity contribution in [3.8, 4) is 11.3 Å². The number of hydrogen-bond acceptors (Lipinski definition) is 4. The molecule has 0 N–H and O–H groups in total. The van der Waals surface area contributed by atoms with Crippen LogP contribution in [0.15, 0.2) is 30.6 Å². The summed E-state index contributed by atoms with van der Waals surface area (Å²) in [6.45, 7) is 12.0. The van der Waals surface area contributed by atoms with Crippen molar-refractivity contribution in [2.45, 2.75) is 59.6 Å². The van der Waals surface area contributed by atoms with Crippen molar-refractivity contribution in [2.75, 3.05) is 13.1 Å². The number of halogens is 1. The van der Waals surface area contributed by atoms with Gasteiger partial charge in [0.2, 0.25) is 0 Å². The van der Waals surface area contributed by atoms with Crippen molar-refractivity contribution >= 4 is 11.9 Å². The number of amides is 1. The lowest BCUT2D eigenvalue weighted by Gasteiger charge is -2.24. The first-order valence-electron chi connectivity index (χ1n) is 9.97. The SMILES string of the molecule is CC.CC(=O)c1c(-c2ccc(F)cc2)ncn1C1CCN(C(=O)OC(C)(C)C)C1. The van der Waals surface area contributed by atoms with Crippen LogP contribution in [0.5, 0.6) is 0 Å². The third-order valence-corrected chi connectivity index (χ3v) is 4.45. The van der Waals surface area contributed by atoms with Crippen LogP contribution in [0.1, 0.15) is 64.5 Å². The van der Waals surface area contributed by atoms with Crippen LogP contribution in [-0.2, 0) is 4.74 Å². The van der Waals surface area contributed by atoms with Gasteiger partial charge < -0.3 is 14.2 Å². The van der Waals surface area contributed by atoms with Gasteiger partial charge in [0.25, 0.3) is 0 Å². The Hall–Kier alpha value is -2.70. The van der Waals surface area contributed by atoms with Crippen LogP contribution in [0.25, 0.3) is 11.3 Å². The molecular formula is C22H30FN3O3. The normalized spacial score (nSPS) is 16.2. The van der Waals surface area contributed by atoms with Crippen molar-refractivity contribution in [3.63, 3.8) is 0 Å². The Labute approximate surface area is 171 Å². The standard InChI is InChI=1S/C20H24FN3O3.C2H6/c1-13(25)18-17(14-5-7-15(21)8-6-14)22-12-24(18)16-9-10-23(11-16)19(26)27-20(2,3)4;1-2/h5-8,12,16H,9-11H2,1-4H3;1-2H3. The molecular weight excluding hydrogens is 373 g/mol. The van der Waals surface area contributed by atoms with Gasteiger partial charge in [-0.2, -0.15) is 0 Å². The molecule has 2 aromatic rings. The molecule has 3 rings (SSSR count). The first-order chi connectivity index (χ1) is 13.7. The highest BCUT2D eigenvalue weighted by molar-refractivity contribution is 5.98. The predicted octanol–water partition coefficient (Wildman–Crippen LogP) is 5.10. The van der Waals surface area contributed by atoms with E-state index in [-0.39, 0.29) is 23.7 Å². The molecule has 0 saturated carbocycles. The van der Waals surface area contributed by atoms with E-state index in [1.54, 1.807) is 23.4 Å². The average molecular weight is 403 g/mol. The number of ether oxygens (including phenoxy) is 1. The van der Waals surface area contributed by atoms with Crippen LogP contribution in [0, 0.1) is 5.82 Å². The smallest absolute Gasteiger partial charge is 0.410 e. The average Bonchev–Trinajstić information content (AvgIpc) is 3.29. The molecule has 0 bridgehead atoms. The molecule has 1 atom stereocenters. The van der Waals surface area contributed by atoms with E-state index in [0.29, 0.717) is 36.5 Å². The Morgan fingerprint density at radius 1 is 1.17 bits per heavy atom. The Balaban J connectivity index is 0.00000145. The van der Waals surface area contributed by atoms with Gasteiger partial charge in [-0.25, -0.2) is 14.2 Å². The van der Waals surface area contributed by atoms with E-state index < -0.39 is 5.60 Å². The summed E-state index contributed by atoms with van der Waals surface area (Å²) in [4.78, 5) is 30.6. The van der Waals surface area contributed by atoms with Crippen molar-refractivity contribution < 1.29 is 18.7 Å². The zero-order valence-corrected chi connectivity index (χ0v) is 18.0. The van der Waals surface area contributed by atoms with Crippen molar-refractivity contribution in [1.82, 2.24) is 14.5 Å². The van der Waals surface area contributed by atoms with Crippen molar-refractivity contribution in [2.24, 2.45) is 0 Å². The zero-order valence-electron chi connectivity index (χ0n) is 18.0. The maximum atomic E-state index is 13.2. The zero-order chi connectivity index (χ0) is 21.8. The number of likely N-dealkylation sites (tertiary alicyclic amines) is 1. The first-order valence-corrected chi connectivity index (χ1v) is 9.97. The predicted molar refractivity (Wildman–Crippen MR) is 110 cm³/mol. The summed E-state index contributed by atoms with van der Waals surface area (Å²) in [5, 5.41) is 0. The molecule has 2 heterocycles. The summed E-state index contributed by atoms with van der Waals surface area (Å²) in [6, 6.07) is 5.85. The van der Waals surface area contributed by atoms with Crippen LogP contribution in [0.2, 0.25) is 0 Å². The Morgan fingerprint density at radius 3 is 2.34 bits per heavy atom. The number of benzene rings is 1. The lowest BCUT2D eigenvalue weighted by Crippen LogP contribution is -2.35. The van der Waals surface area contributed by atoms with Gasteiger partial charge in [0, 0.05) is 25.6 Å². The maximum Gasteiger partial charge on any atom is 0.410 e. The highest BCUT2D eigenvalue weighted by Crippen LogP contribution is 2.30. The molecule has 1 amide bonds. The molecule has 1 aliphatic rings. The minimum atomic E-state index is -0.551. The summed E-state index contributed by atoms with van der Waals surface area (Å²) in [5.41, 5.74) is 1.13. The van der Waals surface area contributed by atoms with Crippen LogP contribution in [0.4, 0.5) is 9.18 Å². The Morgan fingerprint density at radius 2 is 1.79 bits per heavy atom. The van der Waals surface area contributed by atoms with E-state index in [9.17, 15) is 14.0 Å².